The summed E-state index contributed by atoms with van der Waals surface area (Å²) in [6, 6.07) is 13.0. The zero-order valence-corrected chi connectivity index (χ0v) is 20.9. The van der Waals surface area contributed by atoms with Crippen LogP contribution in [0.4, 0.5) is 5.00 Å². The lowest BCUT2D eigenvalue weighted by atomic mass is 10.1. The number of piperidine rings is 1. The van der Waals surface area contributed by atoms with Gasteiger partial charge in [0, 0.05) is 49.9 Å². The van der Waals surface area contributed by atoms with Crippen LogP contribution in [0.5, 0.6) is 0 Å². The van der Waals surface area contributed by atoms with Crippen LogP contribution < -0.4 is 15.5 Å². The van der Waals surface area contributed by atoms with Gasteiger partial charge in [0.15, 0.2) is 5.96 Å². The van der Waals surface area contributed by atoms with E-state index < -0.39 is 0 Å². The highest BCUT2D eigenvalue weighted by Gasteiger charge is 2.20. The highest BCUT2D eigenvalue weighted by molar-refractivity contribution is 14.0. The van der Waals surface area contributed by atoms with E-state index in [1.54, 1.807) is 17.6 Å². The third-order valence-electron chi connectivity index (χ3n) is 5.11. The molecule has 1 aliphatic rings. The molecule has 8 heteroatoms. The molecule has 0 aliphatic carbocycles. The first kappa shape index (κ1) is 23.1. The number of anilines is 1. The number of nitrogens with one attached hydrogen (secondary N) is 2. The lowest BCUT2D eigenvalue weighted by molar-refractivity contribution is 0.461. The first-order valence-corrected chi connectivity index (χ1v) is 12.0. The molecular formula is C22H29IN4OS2. The normalized spacial score (nSPS) is 15.1. The third kappa shape index (κ3) is 7.02. The molecule has 1 aliphatic heterocycles. The van der Waals surface area contributed by atoms with E-state index in [0.717, 1.165) is 63.6 Å². The fourth-order valence-electron chi connectivity index (χ4n) is 3.53. The van der Waals surface area contributed by atoms with E-state index in [2.05, 4.69) is 50.6 Å². The third-order valence-corrected chi connectivity index (χ3v) is 6.97. The predicted molar refractivity (Wildman–Crippen MR) is 139 cm³/mol. The van der Waals surface area contributed by atoms with Gasteiger partial charge in [0.25, 0.3) is 0 Å². The van der Waals surface area contributed by atoms with Gasteiger partial charge in [-0.1, -0.05) is 6.07 Å². The number of aliphatic imine (C=N–C) groups is 1. The van der Waals surface area contributed by atoms with Gasteiger partial charge in [-0.05, 0) is 53.9 Å². The van der Waals surface area contributed by atoms with Crippen LogP contribution in [0.2, 0.25) is 0 Å². The van der Waals surface area contributed by atoms with Crippen molar-refractivity contribution in [3.63, 3.8) is 0 Å². The summed E-state index contributed by atoms with van der Waals surface area (Å²) in [6.45, 7) is 3.79. The highest BCUT2D eigenvalue weighted by Crippen LogP contribution is 2.24. The van der Waals surface area contributed by atoms with Crippen molar-refractivity contribution in [3.8, 4) is 0 Å². The van der Waals surface area contributed by atoms with Crippen LogP contribution in [0.1, 0.15) is 23.5 Å². The summed E-state index contributed by atoms with van der Waals surface area (Å²) < 4.78 is 5.44. The smallest absolute Gasteiger partial charge is 0.191 e. The summed E-state index contributed by atoms with van der Waals surface area (Å²) in [6.07, 6.45) is 5.82. The van der Waals surface area contributed by atoms with Crippen LogP contribution in [-0.4, -0.2) is 38.2 Å². The Morgan fingerprint density at radius 1 is 1.07 bits per heavy atom. The molecule has 0 unspecified atom stereocenters. The Bertz CT molecular complexity index is 842. The van der Waals surface area contributed by atoms with E-state index in [1.165, 1.54) is 9.88 Å². The monoisotopic (exact) mass is 556 g/mol. The van der Waals surface area contributed by atoms with Crippen molar-refractivity contribution >= 4 is 57.6 Å². The SMILES string of the molecule is I.c1coc(CCNC(=NCCc2cccs2)NC2CCN(c3cccs3)CC2)c1. The molecule has 30 heavy (non-hydrogen) atoms. The van der Waals surface area contributed by atoms with Gasteiger partial charge in [-0.2, -0.15) is 0 Å². The van der Waals surface area contributed by atoms with Gasteiger partial charge in [0.2, 0.25) is 0 Å². The zero-order valence-electron chi connectivity index (χ0n) is 17.0. The Morgan fingerprint density at radius 3 is 2.60 bits per heavy atom. The Balaban J connectivity index is 0.00000256. The van der Waals surface area contributed by atoms with Crippen molar-refractivity contribution in [2.75, 3.05) is 31.1 Å². The lowest BCUT2D eigenvalue weighted by Crippen LogP contribution is -2.49. The molecule has 1 fully saturated rings. The Labute approximate surface area is 203 Å². The van der Waals surface area contributed by atoms with Gasteiger partial charge >= 0.3 is 0 Å². The highest BCUT2D eigenvalue weighted by atomic mass is 127. The predicted octanol–water partition coefficient (Wildman–Crippen LogP) is 5.01. The first-order chi connectivity index (χ1) is 14.4. The second kappa shape index (κ2) is 12.4. The Morgan fingerprint density at radius 2 is 1.90 bits per heavy atom. The van der Waals surface area contributed by atoms with Crippen molar-refractivity contribution in [2.24, 2.45) is 4.99 Å². The molecule has 4 rings (SSSR count). The topological polar surface area (TPSA) is 52.8 Å². The minimum atomic E-state index is 0. The molecule has 2 N–H and O–H groups in total. The van der Waals surface area contributed by atoms with E-state index in [4.69, 9.17) is 9.41 Å². The molecule has 0 atom stereocenters. The fraction of sp³-hybridized carbons (Fsp3) is 0.409. The summed E-state index contributed by atoms with van der Waals surface area (Å²) in [5.41, 5.74) is 0. The van der Waals surface area contributed by atoms with E-state index in [-0.39, 0.29) is 24.0 Å². The van der Waals surface area contributed by atoms with Crippen LogP contribution >= 0.6 is 46.7 Å². The minimum absolute atomic E-state index is 0. The summed E-state index contributed by atoms with van der Waals surface area (Å²) in [7, 11) is 0. The van der Waals surface area contributed by atoms with Crippen LogP contribution in [-0.2, 0) is 12.8 Å². The molecule has 5 nitrogen and oxygen atoms in total. The molecule has 3 aromatic heterocycles. The molecule has 0 aromatic carbocycles. The fourth-order valence-corrected chi connectivity index (χ4v) is 5.02. The largest absolute Gasteiger partial charge is 0.469 e. The summed E-state index contributed by atoms with van der Waals surface area (Å²) in [5.74, 6) is 1.92. The Hall–Kier alpha value is -1.52. The summed E-state index contributed by atoms with van der Waals surface area (Å²) in [5, 5.41) is 12.8. The average Bonchev–Trinajstić information content (AvgIpc) is 3.51. The van der Waals surface area contributed by atoms with Crippen LogP contribution in [0, 0.1) is 0 Å². The maximum absolute atomic E-state index is 5.44. The number of guanidine groups is 1. The maximum atomic E-state index is 5.44. The summed E-state index contributed by atoms with van der Waals surface area (Å²) in [4.78, 5) is 8.71. The zero-order chi connectivity index (χ0) is 19.7. The van der Waals surface area contributed by atoms with Crippen LogP contribution in [0.15, 0.2) is 62.8 Å². The number of furan rings is 1. The second-order valence-electron chi connectivity index (χ2n) is 7.17. The van der Waals surface area contributed by atoms with Crippen molar-refractivity contribution in [3.05, 3.63) is 64.1 Å². The molecule has 0 saturated carbocycles. The number of rotatable bonds is 8. The van der Waals surface area contributed by atoms with Crippen LogP contribution in [0.25, 0.3) is 0 Å². The minimum Gasteiger partial charge on any atom is -0.469 e. The second-order valence-corrected chi connectivity index (χ2v) is 9.13. The van der Waals surface area contributed by atoms with Gasteiger partial charge in [-0.15, -0.1) is 46.7 Å². The standard InChI is InChI=1S/C22H28N4OS2.HI/c1-4-19(27-15-1)7-11-23-22(24-12-8-20-5-2-16-28-20)25-18-9-13-26(14-10-18)21-6-3-17-29-21;/h1-6,15-18H,7-14H2,(H2,23,24,25);1H. The van der Waals surface area contributed by atoms with Crippen molar-refractivity contribution < 1.29 is 4.42 Å². The number of hydrogen-bond acceptors (Lipinski definition) is 5. The van der Waals surface area contributed by atoms with Crippen molar-refractivity contribution in [1.82, 2.24) is 10.6 Å². The maximum Gasteiger partial charge on any atom is 0.191 e. The molecule has 162 valence electrons. The molecule has 4 heterocycles. The van der Waals surface area contributed by atoms with Gasteiger partial charge in [-0.3, -0.25) is 4.99 Å². The van der Waals surface area contributed by atoms with E-state index >= 15 is 0 Å². The Kier molecular flexibility index (Phi) is 9.54. The molecule has 1 saturated heterocycles. The van der Waals surface area contributed by atoms with E-state index in [0.29, 0.717) is 6.04 Å². The van der Waals surface area contributed by atoms with E-state index in [1.807, 2.05) is 23.5 Å². The number of thiophene rings is 2. The molecule has 0 amide bonds. The molecule has 0 bridgehead atoms. The molecule has 0 spiro atoms. The van der Waals surface area contributed by atoms with E-state index in [9.17, 15) is 0 Å². The summed E-state index contributed by atoms with van der Waals surface area (Å²) >= 11 is 3.62. The van der Waals surface area contributed by atoms with Gasteiger partial charge in [0.1, 0.15) is 5.76 Å². The van der Waals surface area contributed by atoms with Gasteiger partial charge in [-0.25, -0.2) is 0 Å². The number of halogens is 1. The lowest BCUT2D eigenvalue weighted by Gasteiger charge is -2.33. The first-order valence-electron chi connectivity index (χ1n) is 10.2. The molecular weight excluding hydrogens is 527 g/mol. The van der Waals surface area contributed by atoms with Gasteiger partial charge < -0.3 is 20.0 Å². The van der Waals surface area contributed by atoms with Crippen molar-refractivity contribution in [2.45, 2.75) is 31.7 Å². The quantitative estimate of drug-likeness (QED) is 0.233. The average molecular weight is 557 g/mol. The van der Waals surface area contributed by atoms with Crippen molar-refractivity contribution in [1.29, 1.82) is 0 Å². The molecule has 0 radical (unpaired) electrons. The molecule has 3 aromatic rings. The van der Waals surface area contributed by atoms with Crippen LogP contribution in [0.3, 0.4) is 0 Å². The number of nitrogens with zero attached hydrogens (tertiary/aromatic N) is 2. The van der Waals surface area contributed by atoms with Gasteiger partial charge in [0.05, 0.1) is 11.3 Å². The number of hydrogen-bond donors (Lipinski definition) is 2.